The van der Waals surface area contributed by atoms with Crippen LogP contribution >= 0.6 is 0 Å². The zero-order valence-electron chi connectivity index (χ0n) is 22.9. The first kappa shape index (κ1) is 30.2. The average Bonchev–Trinajstić information content (AvgIpc) is 3.21. The third-order valence-corrected chi connectivity index (χ3v) is 5.83. The average molecular weight is 675 g/mol. The predicted octanol–water partition coefficient (Wildman–Crippen LogP) is 8.86. The van der Waals surface area contributed by atoms with Gasteiger partial charge in [0.1, 0.15) is 11.3 Å². The van der Waals surface area contributed by atoms with Crippen molar-refractivity contribution in [1.29, 1.82) is 0 Å². The van der Waals surface area contributed by atoms with Gasteiger partial charge in [-0.1, -0.05) is 47.6 Å². The molecule has 5 heteroatoms. The van der Waals surface area contributed by atoms with E-state index in [1.807, 2.05) is 12.3 Å². The zero-order valence-corrected chi connectivity index (χ0v) is 25.3. The third-order valence-electron chi connectivity index (χ3n) is 5.83. The zero-order chi connectivity index (χ0) is 26.6. The third kappa shape index (κ3) is 8.24. The molecule has 4 aromatic rings. The Bertz CT molecular complexity index is 1360. The van der Waals surface area contributed by atoms with E-state index in [1.165, 1.54) is 36.6 Å². The van der Waals surface area contributed by atoms with E-state index in [0.717, 1.165) is 39.1 Å². The molecule has 0 unspecified atom stereocenters. The van der Waals surface area contributed by atoms with Gasteiger partial charge in [-0.3, -0.25) is 4.79 Å². The van der Waals surface area contributed by atoms with E-state index >= 15 is 0 Å². The Kier molecular flexibility index (Phi) is 10.6. The Morgan fingerprint density at radius 3 is 2.05 bits per heavy atom. The predicted molar refractivity (Wildman–Crippen MR) is 148 cm³/mol. The van der Waals surface area contributed by atoms with E-state index in [2.05, 4.69) is 89.0 Å². The number of aromatic nitrogens is 1. The standard InChI is InChI=1S/C27H28NO.C5H8O2.Ir/c1-16(2)20-10-21(17(3)4)12-23(11-20)26-13-24-15-28-25(14-27(24)29-26)22-8-18(5)7-19(6)9-22;1-4(6)3-5(2)7;/h7-8,10-17H,1-6H3;3,6H,1-2H3;/q-1;;/b;4-3-;. The largest absolute Gasteiger partial charge is 0.512 e. The van der Waals surface area contributed by atoms with Crippen molar-refractivity contribution in [3.8, 4) is 22.6 Å². The molecule has 1 N–H and O–H groups in total. The van der Waals surface area contributed by atoms with Gasteiger partial charge in [-0.15, -0.1) is 34.9 Å². The second-order valence-corrected chi connectivity index (χ2v) is 10.1. The van der Waals surface area contributed by atoms with Crippen molar-refractivity contribution in [3.63, 3.8) is 0 Å². The van der Waals surface area contributed by atoms with Gasteiger partial charge in [0.2, 0.25) is 0 Å². The normalized spacial score (nSPS) is 11.4. The van der Waals surface area contributed by atoms with Gasteiger partial charge in [0, 0.05) is 43.3 Å². The molecule has 0 spiro atoms. The number of aliphatic hydroxyl groups is 1. The van der Waals surface area contributed by atoms with Crippen LogP contribution in [-0.2, 0) is 24.9 Å². The molecule has 2 heterocycles. The first-order valence-electron chi connectivity index (χ1n) is 12.4. The Balaban J connectivity index is 0.000000532. The smallest absolute Gasteiger partial charge is 0.155 e. The summed E-state index contributed by atoms with van der Waals surface area (Å²) in [5.74, 6) is 1.79. The van der Waals surface area contributed by atoms with Gasteiger partial charge < -0.3 is 14.5 Å². The molecule has 37 heavy (non-hydrogen) atoms. The van der Waals surface area contributed by atoms with E-state index in [4.69, 9.17) is 9.52 Å². The molecule has 197 valence electrons. The number of nitrogens with zero attached hydrogens (tertiary/aromatic N) is 1. The fourth-order valence-electron chi connectivity index (χ4n) is 4.04. The van der Waals surface area contributed by atoms with Gasteiger partial charge in [0.05, 0.1) is 5.76 Å². The van der Waals surface area contributed by atoms with E-state index in [0.29, 0.717) is 11.8 Å². The molecular weight excluding hydrogens is 639 g/mol. The SMILES string of the molecule is CC(=O)/C=C(/C)O.Cc1[c-]c(-c2cc3oc(-c4cc(C(C)C)cc(C(C)C)c4)cc3cn2)cc(C)c1.[Ir]. The molecule has 0 amide bonds. The molecule has 2 aromatic carbocycles. The van der Waals surface area contributed by atoms with E-state index in [9.17, 15) is 4.79 Å². The number of aryl methyl sites for hydroxylation is 2. The first-order chi connectivity index (χ1) is 16.9. The number of rotatable bonds is 5. The summed E-state index contributed by atoms with van der Waals surface area (Å²) in [6.07, 6.45) is 3.07. The molecule has 0 atom stereocenters. The van der Waals surface area contributed by atoms with Gasteiger partial charge in [-0.05, 0) is 66.8 Å². The summed E-state index contributed by atoms with van der Waals surface area (Å²) in [5.41, 5.74) is 8.91. The quantitative estimate of drug-likeness (QED) is 0.131. The number of furan rings is 1. The number of hydrogen-bond acceptors (Lipinski definition) is 4. The van der Waals surface area contributed by atoms with Crippen LogP contribution in [0.5, 0.6) is 0 Å². The monoisotopic (exact) mass is 675 g/mol. The number of pyridine rings is 1. The van der Waals surface area contributed by atoms with Crippen molar-refractivity contribution in [2.24, 2.45) is 0 Å². The van der Waals surface area contributed by atoms with Crippen molar-refractivity contribution >= 4 is 16.8 Å². The summed E-state index contributed by atoms with van der Waals surface area (Å²) in [6, 6.07) is 18.6. The van der Waals surface area contributed by atoms with Crippen LogP contribution in [0.25, 0.3) is 33.6 Å². The van der Waals surface area contributed by atoms with E-state index in [1.54, 1.807) is 0 Å². The van der Waals surface area contributed by atoms with Gasteiger partial charge in [0.25, 0.3) is 0 Å². The molecule has 2 aromatic heterocycles. The fraction of sp³-hybridized carbons (Fsp3) is 0.312. The fourth-order valence-corrected chi connectivity index (χ4v) is 4.04. The first-order valence-corrected chi connectivity index (χ1v) is 12.4. The van der Waals surface area contributed by atoms with Crippen molar-refractivity contribution in [1.82, 2.24) is 4.98 Å². The number of fused-ring (bicyclic) bond motifs is 1. The minimum Gasteiger partial charge on any atom is -0.512 e. The molecule has 0 saturated carbocycles. The topological polar surface area (TPSA) is 63.3 Å². The molecular formula is C32H36IrNO3-. The molecule has 4 nitrogen and oxygen atoms in total. The number of carbonyl (C=O) groups is 1. The second-order valence-electron chi connectivity index (χ2n) is 10.1. The summed E-state index contributed by atoms with van der Waals surface area (Å²) in [5, 5.41) is 9.39. The van der Waals surface area contributed by atoms with Crippen LogP contribution in [0.2, 0.25) is 0 Å². The Morgan fingerprint density at radius 1 is 0.946 bits per heavy atom. The molecule has 0 bridgehead atoms. The molecule has 0 aliphatic heterocycles. The minimum atomic E-state index is -0.125. The van der Waals surface area contributed by atoms with Crippen LogP contribution in [0.4, 0.5) is 0 Å². The van der Waals surface area contributed by atoms with Gasteiger partial charge in [-0.25, -0.2) is 0 Å². The number of hydrogen-bond donors (Lipinski definition) is 1. The molecule has 0 aliphatic carbocycles. The maximum absolute atomic E-state index is 10.0. The molecule has 4 rings (SSSR count). The number of aliphatic hydroxyl groups excluding tert-OH is 1. The molecule has 0 fully saturated rings. The van der Waals surface area contributed by atoms with Crippen LogP contribution in [0.1, 0.15) is 75.6 Å². The minimum absolute atomic E-state index is 0. The second kappa shape index (κ2) is 13.0. The summed E-state index contributed by atoms with van der Waals surface area (Å²) >= 11 is 0. The number of allylic oxidation sites excluding steroid dienone is 2. The van der Waals surface area contributed by atoms with E-state index in [-0.39, 0.29) is 31.6 Å². The van der Waals surface area contributed by atoms with Gasteiger partial charge >= 0.3 is 0 Å². The number of benzene rings is 2. The van der Waals surface area contributed by atoms with Crippen LogP contribution in [-0.4, -0.2) is 15.9 Å². The summed E-state index contributed by atoms with van der Waals surface area (Å²) in [6.45, 7) is 15.9. The Hall–Kier alpha value is -3.01. The summed E-state index contributed by atoms with van der Waals surface area (Å²) < 4.78 is 6.29. The van der Waals surface area contributed by atoms with Crippen LogP contribution in [0.15, 0.2) is 64.9 Å². The van der Waals surface area contributed by atoms with Crippen molar-refractivity contribution < 1.29 is 34.4 Å². The Labute approximate surface area is 234 Å². The van der Waals surface area contributed by atoms with Crippen molar-refractivity contribution in [3.05, 3.63) is 88.8 Å². The van der Waals surface area contributed by atoms with Crippen LogP contribution in [0, 0.1) is 19.9 Å². The summed E-state index contributed by atoms with van der Waals surface area (Å²) in [7, 11) is 0. The summed E-state index contributed by atoms with van der Waals surface area (Å²) in [4.78, 5) is 14.7. The van der Waals surface area contributed by atoms with Crippen molar-refractivity contribution in [2.45, 2.75) is 67.2 Å². The Morgan fingerprint density at radius 2 is 1.57 bits per heavy atom. The number of carbonyl (C=O) groups excluding carboxylic acids is 1. The van der Waals surface area contributed by atoms with Crippen LogP contribution in [0.3, 0.4) is 0 Å². The molecule has 0 saturated heterocycles. The van der Waals surface area contributed by atoms with Crippen molar-refractivity contribution in [2.75, 3.05) is 0 Å². The van der Waals surface area contributed by atoms with Gasteiger partial charge in [0.15, 0.2) is 5.78 Å². The number of ketones is 1. The van der Waals surface area contributed by atoms with Crippen LogP contribution < -0.4 is 0 Å². The maximum Gasteiger partial charge on any atom is 0.155 e. The maximum atomic E-state index is 10.0. The molecule has 0 aliphatic rings. The molecule has 1 radical (unpaired) electrons. The van der Waals surface area contributed by atoms with E-state index < -0.39 is 0 Å². The van der Waals surface area contributed by atoms with Gasteiger partial charge in [-0.2, -0.15) is 0 Å².